The van der Waals surface area contributed by atoms with Gasteiger partial charge in [0.15, 0.2) is 0 Å². The Labute approximate surface area is 106 Å². The van der Waals surface area contributed by atoms with Gasteiger partial charge >= 0.3 is 0 Å². The molecule has 2 aromatic rings. The van der Waals surface area contributed by atoms with Crippen molar-refractivity contribution in [2.75, 3.05) is 19.6 Å². The van der Waals surface area contributed by atoms with E-state index in [-0.39, 0.29) is 5.91 Å². The van der Waals surface area contributed by atoms with Crippen LogP contribution in [-0.2, 0) is 11.2 Å². The quantitative estimate of drug-likeness (QED) is 0.707. The highest BCUT2D eigenvalue weighted by atomic mass is 16.1. The monoisotopic (exact) mass is 246 g/mol. The second kappa shape index (κ2) is 6.16. The Morgan fingerprint density at radius 1 is 1.44 bits per heavy atom. The summed E-state index contributed by atoms with van der Waals surface area (Å²) in [6.07, 6.45) is 2.51. The molecule has 0 atom stereocenters. The zero-order valence-corrected chi connectivity index (χ0v) is 10.5. The van der Waals surface area contributed by atoms with Crippen molar-refractivity contribution >= 4 is 16.9 Å². The lowest BCUT2D eigenvalue weighted by Crippen LogP contribution is -2.34. The number of fused-ring (bicyclic) bond motifs is 1. The summed E-state index contributed by atoms with van der Waals surface area (Å²) in [5, 5.41) is 5.87. The van der Waals surface area contributed by atoms with Crippen LogP contribution in [0.15, 0.2) is 24.5 Å². The van der Waals surface area contributed by atoms with Gasteiger partial charge in [-0.25, -0.2) is 4.98 Å². The maximum atomic E-state index is 11.4. The molecule has 2 rings (SSSR count). The molecule has 5 nitrogen and oxygen atoms in total. The highest BCUT2D eigenvalue weighted by Gasteiger charge is 2.01. The van der Waals surface area contributed by atoms with Crippen molar-refractivity contribution in [3.63, 3.8) is 0 Å². The van der Waals surface area contributed by atoms with Crippen molar-refractivity contribution < 1.29 is 4.79 Å². The Morgan fingerprint density at radius 2 is 2.33 bits per heavy atom. The minimum absolute atomic E-state index is 0.0412. The SMILES string of the molecule is CCNCC(=O)NCCc1ccc2nc[nH]c2c1. The van der Waals surface area contributed by atoms with E-state index in [0.29, 0.717) is 13.1 Å². The normalized spacial score (nSPS) is 10.7. The molecular formula is C13H18N4O. The molecule has 3 N–H and O–H groups in total. The van der Waals surface area contributed by atoms with Crippen LogP contribution in [0.25, 0.3) is 11.0 Å². The van der Waals surface area contributed by atoms with E-state index >= 15 is 0 Å². The van der Waals surface area contributed by atoms with E-state index in [4.69, 9.17) is 0 Å². The lowest BCUT2D eigenvalue weighted by molar-refractivity contribution is -0.120. The number of H-pyrrole nitrogens is 1. The highest BCUT2D eigenvalue weighted by molar-refractivity contribution is 5.78. The van der Waals surface area contributed by atoms with Crippen molar-refractivity contribution in [2.24, 2.45) is 0 Å². The molecule has 0 aliphatic rings. The number of benzene rings is 1. The maximum absolute atomic E-state index is 11.4. The molecule has 0 bridgehead atoms. The lowest BCUT2D eigenvalue weighted by atomic mass is 10.1. The molecular weight excluding hydrogens is 228 g/mol. The molecule has 0 fully saturated rings. The Hall–Kier alpha value is -1.88. The van der Waals surface area contributed by atoms with Crippen LogP contribution >= 0.6 is 0 Å². The summed E-state index contributed by atoms with van der Waals surface area (Å²) in [6.45, 7) is 3.83. The molecule has 1 heterocycles. The number of carbonyl (C=O) groups is 1. The average molecular weight is 246 g/mol. The smallest absolute Gasteiger partial charge is 0.233 e. The van der Waals surface area contributed by atoms with Gasteiger partial charge < -0.3 is 15.6 Å². The van der Waals surface area contributed by atoms with Crippen molar-refractivity contribution in [2.45, 2.75) is 13.3 Å². The van der Waals surface area contributed by atoms with E-state index in [1.807, 2.05) is 19.1 Å². The lowest BCUT2D eigenvalue weighted by Gasteiger charge is -2.05. The molecule has 1 amide bonds. The van der Waals surface area contributed by atoms with Gasteiger partial charge in [0, 0.05) is 6.54 Å². The molecule has 96 valence electrons. The van der Waals surface area contributed by atoms with Gasteiger partial charge in [-0.1, -0.05) is 13.0 Å². The predicted octanol–water partition coefficient (Wildman–Crippen LogP) is 0.831. The first-order chi connectivity index (χ1) is 8.79. The van der Waals surface area contributed by atoms with Gasteiger partial charge in [0.2, 0.25) is 5.91 Å². The molecule has 1 aromatic carbocycles. The zero-order valence-electron chi connectivity index (χ0n) is 10.5. The van der Waals surface area contributed by atoms with Gasteiger partial charge in [0.1, 0.15) is 0 Å². The number of carbonyl (C=O) groups excluding carboxylic acids is 1. The Morgan fingerprint density at radius 3 is 3.17 bits per heavy atom. The second-order valence-corrected chi connectivity index (χ2v) is 4.13. The molecule has 0 spiro atoms. The van der Waals surface area contributed by atoms with E-state index in [0.717, 1.165) is 24.0 Å². The summed E-state index contributed by atoms with van der Waals surface area (Å²) in [5.74, 6) is 0.0412. The predicted molar refractivity (Wildman–Crippen MR) is 71.4 cm³/mol. The third-order valence-corrected chi connectivity index (χ3v) is 2.76. The molecule has 0 saturated carbocycles. The number of rotatable bonds is 6. The van der Waals surface area contributed by atoms with Crippen LogP contribution in [0.1, 0.15) is 12.5 Å². The fourth-order valence-corrected chi connectivity index (χ4v) is 1.79. The number of aromatic nitrogens is 2. The van der Waals surface area contributed by atoms with E-state index in [1.165, 1.54) is 5.56 Å². The van der Waals surface area contributed by atoms with Crippen LogP contribution in [0.4, 0.5) is 0 Å². The maximum Gasteiger partial charge on any atom is 0.233 e. The Balaban J connectivity index is 1.81. The van der Waals surface area contributed by atoms with Crippen LogP contribution in [0, 0.1) is 0 Å². The summed E-state index contributed by atoms with van der Waals surface area (Å²) < 4.78 is 0. The number of likely N-dealkylation sites (N-methyl/N-ethyl adjacent to an activating group) is 1. The zero-order chi connectivity index (χ0) is 12.8. The number of nitrogens with zero attached hydrogens (tertiary/aromatic N) is 1. The molecule has 0 aliphatic carbocycles. The minimum Gasteiger partial charge on any atom is -0.355 e. The van der Waals surface area contributed by atoms with Crippen molar-refractivity contribution in [1.82, 2.24) is 20.6 Å². The number of amides is 1. The van der Waals surface area contributed by atoms with E-state index in [1.54, 1.807) is 6.33 Å². The first-order valence-corrected chi connectivity index (χ1v) is 6.19. The van der Waals surface area contributed by atoms with E-state index < -0.39 is 0 Å². The number of hydrogen-bond acceptors (Lipinski definition) is 3. The van der Waals surface area contributed by atoms with Gasteiger partial charge in [0.05, 0.1) is 23.9 Å². The number of nitrogens with one attached hydrogen (secondary N) is 3. The Kier molecular flexibility index (Phi) is 4.30. The van der Waals surface area contributed by atoms with Crippen molar-refractivity contribution in [3.8, 4) is 0 Å². The fourth-order valence-electron chi connectivity index (χ4n) is 1.79. The molecule has 18 heavy (non-hydrogen) atoms. The van der Waals surface area contributed by atoms with Crippen LogP contribution < -0.4 is 10.6 Å². The Bertz CT molecular complexity index is 520. The van der Waals surface area contributed by atoms with Gasteiger partial charge in [-0.05, 0) is 30.7 Å². The van der Waals surface area contributed by atoms with Crippen LogP contribution in [0.3, 0.4) is 0 Å². The summed E-state index contributed by atoms with van der Waals surface area (Å²) in [7, 11) is 0. The van der Waals surface area contributed by atoms with E-state index in [2.05, 4.69) is 26.7 Å². The molecule has 5 heteroatoms. The number of hydrogen-bond donors (Lipinski definition) is 3. The van der Waals surface area contributed by atoms with E-state index in [9.17, 15) is 4.79 Å². The highest BCUT2D eigenvalue weighted by Crippen LogP contribution is 2.11. The molecule has 0 aliphatic heterocycles. The van der Waals surface area contributed by atoms with Gasteiger partial charge in [-0.2, -0.15) is 0 Å². The fraction of sp³-hybridized carbons (Fsp3) is 0.385. The summed E-state index contributed by atoms with van der Waals surface area (Å²) in [5.41, 5.74) is 3.19. The summed E-state index contributed by atoms with van der Waals surface area (Å²) in [6, 6.07) is 6.10. The van der Waals surface area contributed by atoms with Crippen molar-refractivity contribution in [1.29, 1.82) is 0 Å². The first-order valence-electron chi connectivity index (χ1n) is 6.19. The molecule has 0 unspecified atom stereocenters. The summed E-state index contributed by atoms with van der Waals surface area (Å²) >= 11 is 0. The van der Waals surface area contributed by atoms with Crippen molar-refractivity contribution in [3.05, 3.63) is 30.1 Å². The molecule has 1 aromatic heterocycles. The summed E-state index contributed by atoms with van der Waals surface area (Å²) in [4.78, 5) is 18.6. The minimum atomic E-state index is 0.0412. The van der Waals surface area contributed by atoms with Crippen LogP contribution in [0.5, 0.6) is 0 Å². The van der Waals surface area contributed by atoms with Crippen LogP contribution in [-0.4, -0.2) is 35.5 Å². The molecule has 0 radical (unpaired) electrons. The second-order valence-electron chi connectivity index (χ2n) is 4.13. The van der Waals surface area contributed by atoms with Gasteiger partial charge in [-0.3, -0.25) is 4.79 Å². The first kappa shape index (κ1) is 12.6. The average Bonchev–Trinajstić information content (AvgIpc) is 2.83. The largest absolute Gasteiger partial charge is 0.355 e. The molecule has 0 saturated heterocycles. The standard InChI is InChI=1S/C13H18N4O/c1-2-14-8-13(18)15-6-5-10-3-4-11-12(7-10)17-9-16-11/h3-4,7,9,14H,2,5-6,8H2,1H3,(H,15,18)(H,16,17). The van der Waals surface area contributed by atoms with Crippen LogP contribution in [0.2, 0.25) is 0 Å². The third kappa shape index (κ3) is 3.30. The third-order valence-electron chi connectivity index (χ3n) is 2.76. The number of imidazole rings is 1. The van der Waals surface area contributed by atoms with Gasteiger partial charge in [-0.15, -0.1) is 0 Å². The topological polar surface area (TPSA) is 69.8 Å². The number of aromatic amines is 1. The van der Waals surface area contributed by atoms with Gasteiger partial charge in [0.25, 0.3) is 0 Å².